The van der Waals surface area contributed by atoms with Gasteiger partial charge in [0.05, 0.1) is 24.0 Å². The summed E-state index contributed by atoms with van der Waals surface area (Å²) in [5.41, 5.74) is 0.786. The molecule has 8 heteroatoms. The van der Waals surface area contributed by atoms with Crippen molar-refractivity contribution in [2.24, 2.45) is 0 Å². The smallest absolute Gasteiger partial charge is 0.246 e. The van der Waals surface area contributed by atoms with Crippen molar-refractivity contribution in [1.29, 1.82) is 0 Å². The van der Waals surface area contributed by atoms with Crippen LogP contribution in [0.1, 0.15) is 46.3 Å². The van der Waals surface area contributed by atoms with Crippen LogP contribution in [0.4, 0.5) is 0 Å². The predicted octanol–water partition coefficient (Wildman–Crippen LogP) is 3.56. The lowest BCUT2D eigenvalue weighted by Crippen LogP contribution is -2.79. The van der Waals surface area contributed by atoms with Crippen LogP contribution in [0.15, 0.2) is 71.6 Å². The van der Waals surface area contributed by atoms with Crippen LogP contribution in [-0.2, 0) is 16.6 Å². The number of benzene rings is 2. The molecule has 1 spiro atoms. The summed E-state index contributed by atoms with van der Waals surface area (Å²) in [4.78, 5) is 31.2. The van der Waals surface area contributed by atoms with Gasteiger partial charge in [0.2, 0.25) is 5.91 Å². The Morgan fingerprint density at radius 1 is 1.18 bits per heavy atom. The molecule has 2 fully saturated rings. The number of phenols is 1. The maximum absolute atomic E-state index is 14.1. The maximum Gasteiger partial charge on any atom is 0.246 e. The molecular weight excluding hydrogens is 508 g/mol. The van der Waals surface area contributed by atoms with E-state index in [-0.39, 0.29) is 29.2 Å². The first kappa shape index (κ1) is 25.1. The molecule has 7 rings (SSSR count). The largest absolute Gasteiger partial charge is 0.504 e. The van der Waals surface area contributed by atoms with E-state index in [1.54, 1.807) is 42.7 Å². The molecule has 40 heavy (non-hydrogen) atoms. The molecule has 2 aliphatic carbocycles. The summed E-state index contributed by atoms with van der Waals surface area (Å²) in [5, 5.41) is 23.5. The number of likely N-dealkylation sites (tertiary alicyclic amines) is 1. The van der Waals surface area contributed by atoms with Gasteiger partial charge in [-0.1, -0.05) is 30.3 Å². The predicted molar refractivity (Wildman–Crippen MR) is 147 cm³/mol. The molecule has 1 saturated carbocycles. The molecule has 4 aliphatic rings. The number of ketones is 1. The lowest BCUT2D eigenvalue weighted by Gasteiger charge is -2.63. The molecule has 1 amide bonds. The third kappa shape index (κ3) is 3.39. The van der Waals surface area contributed by atoms with Gasteiger partial charge in [-0.05, 0) is 55.5 Å². The van der Waals surface area contributed by atoms with Crippen LogP contribution in [0.2, 0.25) is 0 Å². The lowest BCUT2D eigenvalue weighted by atomic mass is 9.48. The van der Waals surface area contributed by atoms with Gasteiger partial charge in [0.25, 0.3) is 0 Å². The minimum absolute atomic E-state index is 0.0461. The highest BCUT2D eigenvalue weighted by molar-refractivity contribution is 6.06. The molecular formula is C32H32N2O6. The third-order valence-electron chi connectivity index (χ3n) is 9.72. The molecule has 2 aromatic carbocycles. The van der Waals surface area contributed by atoms with Crippen molar-refractivity contribution in [1.82, 2.24) is 9.80 Å². The fraction of sp³-hybridized carbons (Fsp3) is 0.375. The summed E-state index contributed by atoms with van der Waals surface area (Å²) < 4.78 is 11.6. The monoisotopic (exact) mass is 540 g/mol. The molecule has 8 nitrogen and oxygen atoms in total. The summed E-state index contributed by atoms with van der Waals surface area (Å²) in [6.45, 7) is 1.25. The van der Waals surface area contributed by atoms with Gasteiger partial charge in [-0.3, -0.25) is 14.5 Å². The average molecular weight is 541 g/mol. The van der Waals surface area contributed by atoms with E-state index in [0.717, 1.165) is 12.0 Å². The zero-order valence-electron chi connectivity index (χ0n) is 22.3. The van der Waals surface area contributed by atoms with Crippen molar-refractivity contribution in [3.05, 3.63) is 89.4 Å². The number of Topliss-reactive ketones (excluding diaryl/α,β-unsaturated/α-hetero) is 1. The topological polar surface area (TPSA) is 103 Å². The number of piperidine rings is 1. The van der Waals surface area contributed by atoms with E-state index in [0.29, 0.717) is 43.5 Å². The second kappa shape index (κ2) is 9.08. The van der Waals surface area contributed by atoms with Gasteiger partial charge in [-0.2, -0.15) is 0 Å². The van der Waals surface area contributed by atoms with Crippen LogP contribution in [0.5, 0.6) is 11.5 Å². The van der Waals surface area contributed by atoms with Crippen LogP contribution >= 0.6 is 0 Å². The lowest BCUT2D eigenvalue weighted by molar-refractivity contribution is -0.187. The van der Waals surface area contributed by atoms with Crippen molar-refractivity contribution in [2.45, 2.75) is 54.9 Å². The van der Waals surface area contributed by atoms with E-state index in [9.17, 15) is 19.8 Å². The minimum atomic E-state index is -1.39. The highest BCUT2D eigenvalue weighted by atomic mass is 16.5. The second-order valence-electron chi connectivity index (χ2n) is 11.5. The Bertz CT molecular complexity index is 1500. The Hall–Kier alpha value is -3.88. The van der Waals surface area contributed by atoms with E-state index in [1.807, 2.05) is 18.2 Å². The van der Waals surface area contributed by atoms with Gasteiger partial charge in [0, 0.05) is 42.9 Å². The number of carbonyl (C=O) groups is 2. The number of phenolic OH excluding ortho intramolecular Hbond substituents is 1. The van der Waals surface area contributed by atoms with E-state index >= 15 is 0 Å². The normalized spacial score (nSPS) is 30.2. The number of ether oxygens (including phenoxy) is 1. The molecule has 0 radical (unpaired) electrons. The summed E-state index contributed by atoms with van der Waals surface area (Å²) in [6, 6.07) is 14.0. The Balaban J connectivity index is 1.26. The van der Waals surface area contributed by atoms with Crippen molar-refractivity contribution in [3.8, 4) is 11.5 Å². The van der Waals surface area contributed by atoms with E-state index in [2.05, 4.69) is 17.0 Å². The third-order valence-corrected chi connectivity index (χ3v) is 9.72. The van der Waals surface area contributed by atoms with E-state index < -0.39 is 23.2 Å². The zero-order chi connectivity index (χ0) is 27.6. The molecule has 1 aromatic heterocycles. The number of amides is 1. The average Bonchev–Trinajstić information content (AvgIpc) is 3.60. The molecule has 2 aliphatic heterocycles. The number of nitrogens with zero attached hydrogens (tertiary/aromatic N) is 2. The Labute approximate surface area is 232 Å². The molecule has 1 saturated heterocycles. The van der Waals surface area contributed by atoms with Crippen molar-refractivity contribution in [2.75, 3.05) is 20.1 Å². The summed E-state index contributed by atoms with van der Waals surface area (Å²) in [7, 11) is 1.75. The van der Waals surface area contributed by atoms with Gasteiger partial charge >= 0.3 is 0 Å². The number of carbonyl (C=O) groups excluding carboxylic acids is 2. The minimum Gasteiger partial charge on any atom is -0.504 e. The number of hydrogen-bond acceptors (Lipinski definition) is 7. The van der Waals surface area contributed by atoms with Crippen molar-refractivity contribution < 1.29 is 29.0 Å². The summed E-state index contributed by atoms with van der Waals surface area (Å²) in [5.74, 6) is -0.0968. The van der Waals surface area contributed by atoms with Crippen molar-refractivity contribution in [3.63, 3.8) is 0 Å². The highest BCUT2D eigenvalue weighted by Gasteiger charge is 2.75. The number of rotatable bonds is 6. The van der Waals surface area contributed by atoms with Gasteiger partial charge in [-0.25, -0.2) is 0 Å². The second-order valence-corrected chi connectivity index (χ2v) is 11.5. The first-order valence-electron chi connectivity index (χ1n) is 13.9. The van der Waals surface area contributed by atoms with E-state index in [1.165, 1.54) is 17.7 Å². The number of likely N-dealkylation sites (N-methyl/N-ethyl adjacent to an activating group) is 1. The maximum atomic E-state index is 14.1. The van der Waals surface area contributed by atoms with Crippen LogP contribution in [-0.4, -0.2) is 75.6 Å². The molecule has 206 valence electrons. The fourth-order valence-corrected chi connectivity index (χ4v) is 7.84. The Morgan fingerprint density at radius 3 is 2.77 bits per heavy atom. The first-order chi connectivity index (χ1) is 19.3. The zero-order valence-corrected chi connectivity index (χ0v) is 22.3. The highest BCUT2D eigenvalue weighted by Crippen LogP contribution is 2.65. The van der Waals surface area contributed by atoms with Gasteiger partial charge in [0.1, 0.15) is 17.7 Å². The van der Waals surface area contributed by atoms with Gasteiger partial charge < -0.3 is 24.3 Å². The Morgan fingerprint density at radius 2 is 2.00 bits per heavy atom. The molecule has 3 aromatic rings. The van der Waals surface area contributed by atoms with Gasteiger partial charge in [-0.15, -0.1) is 0 Å². The summed E-state index contributed by atoms with van der Waals surface area (Å²) in [6.07, 6.45) is 7.85. The summed E-state index contributed by atoms with van der Waals surface area (Å²) >= 11 is 0. The molecule has 3 heterocycles. The van der Waals surface area contributed by atoms with Crippen LogP contribution in [0, 0.1) is 0 Å². The molecule has 0 unspecified atom stereocenters. The van der Waals surface area contributed by atoms with Crippen LogP contribution in [0.25, 0.3) is 6.08 Å². The number of furan rings is 1. The van der Waals surface area contributed by atoms with E-state index in [4.69, 9.17) is 9.15 Å². The number of hydrogen-bond donors (Lipinski definition) is 2. The van der Waals surface area contributed by atoms with Crippen LogP contribution in [0.3, 0.4) is 0 Å². The fourth-order valence-electron chi connectivity index (χ4n) is 7.84. The first-order valence-corrected chi connectivity index (χ1v) is 13.9. The molecule has 2 N–H and O–H groups in total. The molecule has 5 atom stereocenters. The number of aliphatic hydroxyl groups is 1. The molecule has 2 bridgehead atoms. The van der Waals surface area contributed by atoms with Crippen molar-refractivity contribution >= 4 is 17.8 Å². The van der Waals surface area contributed by atoms with Crippen LogP contribution < -0.4 is 4.74 Å². The van der Waals surface area contributed by atoms with Gasteiger partial charge in [0.15, 0.2) is 17.3 Å². The number of aromatic hydroxyl groups is 1. The SMILES string of the molecule is CN(C(=O)/C=C/c1ccoc1)[C@H]1CC[C@@]2(O)[C@H]3C(=O)c4ccc(O)c5c4[C@@]2(CCN3CCc2ccccc2)[C@H]1O5. The quantitative estimate of drug-likeness (QED) is 0.461. The standard InChI is InChI=1S/C32H32N2O6/c1-33(25(36)10-7-21-13-18-39-19-21)23-11-14-32(38)29-27(37)22-8-9-24(35)28-26(22)31(32,30(23)40-28)15-17-34(29)16-12-20-5-3-2-4-6-20/h2-10,13,18-19,23,29-30,35,38H,11-12,14-17H2,1H3/b10-7+/t23-,29+,30-,31-,32+/m0/s1. The Kier molecular flexibility index (Phi) is 5.70.